The normalized spacial score (nSPS) is 10.9. The summed E-state index contributed by atoms with van der Waals surface area (Å²) in [5.74, 6) is -0.221. The average molecular weight is 316 g/mol. The molecule has 0 saturated carbocycles. The molecule has 0 saturated heterocycles. The molecule has 6 heteroatoms. The number of hydrogen-bond donors (Lipinski definition) is 0. The second-order valence-corrected chi connectivity index (χ2v) is 5.24. The van der Waals surface area contributed by atoms with Gasteiger partial charge in [0.25, 0.3) is 0 Å². The minimum Gasteiger partial charge on any atom is -0.460 e. The highest BCUT2D eigenvalue weighted by Gasteiger charge is 2.12. The topological polar surface area (TPSA) is 57.7 Å². The third kappa shape index (κ3) is 6.89. The van der Waals surface area contributed by atoms with Gasteiger partial charge in [-0.1, -0.05) is 25.4 Å². The number of esters is 1. The van der Waals surface area contributed by atoms with Gasteiger partial charge in [-0.05, 0) is 24.5 Å². The van der Waals surface area contributed by atoms with E-state index < -0.39 is 5.97 Å². The minimum atomic E-state index is -0.415. The first-order valence-corrected chi connectivity index (χ1v) is 7.33. The van der Waals surface area contributed by atoms with Crippen molar-refractivity contribution in [1.82, 2.24) is 4.98 Å². The Morgan fingerprint density at radius 2 is 2.00 bits per heavy atom. The molecule has 0 unspecified atom stereocenters. The van der Waals surface area contributed by atoms with E-state index >= 15 is 0 Å². The van der Waals surface area contributed by atoms with E-state index in [4.69, 9.17) is 25.8 Å². The molecule has 1 aromatic rings. The van der Waals surface area contributed by atoms with Crippen molar-refractivity contribution >= 4 is 17.6 Å². The quantitative estimate of drug-likeness (QED) is 0.398. The summed E-state index contributed by atoms with van der Waals surface area (Å²) >= 11 is 5.91. The van der Waals surface area contributed by atoms with Crippen molar-refractivity contribution in [2.45, 2.75) is 26.2 Å². The van der Waals surface area contributed by atoms with Crippen LogP contribution >= 0.6 is 11.6 Å². The zero-order chi connectivity index (χ0) is 15.7. The Hall–Kier alpha value is -1.17. The zero-order valence-electron chi connectivity index (χ0n) is 12.7. The van der Waals surface area contributed by atoms with E-state index in [2.05, 4.69) is 4.98 Å². The minimum absolute atomic E-state index is 0.194. The first-order chi connectivity index (χ1) is 10.0. The van der Waals surface area contributed by atoms with Crippen LogP contribution in [0.25, 0.3) is 0 Å². The van der Waals surface area contributed by atoms with Gasteiger partial charge >= 0.3 is 5.97 Å². The van der Waals surface area contributed by atoms with Gasteiger partial charge < -0.3 is 14.2 Å². The monoisotopic (exact) mass is 315 g/mol. The Bertz CT molecular complexity index is 451. The molecular weight excluding hydrogens is 294 g/mol. The lowest BCUT2D eigenvalue weighted by Gasteiger charge is -2.09. The molecule has 0 N–H and O–H groups in total. The summed E-state index contributed by atoms with van der Waals surface area (Å²) < 4.78 is 15.4. The van der Waals surface area contributed by atoms with Gasteiger partial charge in [-0.15, -0.1) is 0 Å². The highest BCUT2D eigenvalue weighted by molar-refractivity contribution is 6.29. The van der Waals surface area contributed by atoms with Crippen molar-refractivity contribution < 1.29 is 19.0 Å². The van der Waals surface area contributed by atoms with Gasteiger partial charge in [0.2, 0.25) is 0 Å². The SMILES string of the molecule is COCCCOCCOC(=O)c1cc(Cl)nc(C(C)C)c1. The summed E-state index contributed by atoms with van der Waals surface area (Å²) in [5, 5.41) is 0.295. The molecule has 0 bridgehead atoms. The Labute approximate surface area is 130 Å². The van der Waals surface area contributed by atoms with Crippen molar-refractivity contribution in [3.05, 3.63) is 28.5 Å². The Balaban J connectivity index is 2.38. The molecule has 0 atom stereocenters. The van der Waals surface area contributed by atoms with Gasteiger partial charge in [0, 0.05) is 26.0 Å². The smallest absolute Gasteiger partial charge is 0.338 e. The largest absolute Gasteiger partial charge is 0.460 e. The standard InChI is InChI=1S/C15H22ClNO4/c1-11(2)13-9-12(10-14(16)17-13)15(18)21-8-7-20-6-4-5-19-3/h9-11H,4-8H2,1-3H3. The fourth-order valence-corrected chi connectivity index (χ4v) is 1.83. The molecule has 1 aromatic heterocycles. The van der Waals surface area contributed by atoms with Crippen LogP contribution in [0.3, 0.4) is 0 Å². The predicted molar refractivity (Wildman–Crippen MR) is 80.9 cm³/mol. The number of pyridine rings is 1. The van der Waals surface area contributed by atoms with Crippen LogP contribution in [0.15, 0.2) is 12.1 Å². The molecule has 0 aliphatic rings. The number of halogens is 1. The Morgan fingerprint density at radius 3 is 2.67 bits per heavy atom. The second-order valence-electron chi connectivity index (χ2n) is 4.85. The van der Waals surface area contributed by atoms with E-state index in [1.165, 1.54) is 6.07 Å². The molecule has 0 spiro atoms. The van der Waals surface area contributed by atoms with E-state index in [0.29, 0.717) is 30.5 Å². The molecule has 118 valence electrons. The van der Waals surface area contributed by atoms with E-state index in [1.54, 1.807) is 13.2 Å². The van der Waals surface area contributed by atoms with Crippen molar-refractivity contribution in [2.24, 2.45) is 0 Å². The van der Waals surface area contributed by atoms with Crippen LogP contribution < -0.4 is 0 Å². The summed E-state index contributed by atoms with van der Waals surface area (Å²) in [6.07, 6.45) is 0.822. The molecule has 0 aliphatic carbocycles. The number of hydrogen-bond acceptors (Lipinski definition) is 5. The predicted octanol–water partition coefficient (Wildman–Crippen LogP) is 3.07. The Morgan fingerprint density at radius 1 is 1.24 bits per heavy atom. The average Bonchev–Trinajstić information content (AvgIpc) is 2.45. The van der Waals surface area contributed by atoms with E-state index in [-0.39, 0.29) is 12.5 Å². The highest BCUT2D eigenvalue weighted by atomic mass is 35.5. The summed E-state index contributed by atoms with van der Waals surface area (Å²) in [5.41, 5.74) is 1.18. The van der Waals surface area contributed by atoms with Crippen LogP contribution in [0.5, 0.6) is 0 Å². The van der Waals surface area contributed by atoms with Gasteiger partial charge in [0.15, 0.2) is 0 Å². The highest BCUT2D eigenvalue weighted by Crippen LogP contribution is 2.18. The molecule has 0 aromatic carbocycles. The van der Waals surface area contributed by atoms with Gasteiger partial charge in [-0.25, -0.2) is 9.78 Å². The molecule has 21 heavy (non-hydrogen) atoms. The number of methoxy groups -OCH3 is 1. The van der Waals surface area contributed by atoms with Crippen LogP contribution in [0.4, 0.5) is 0 Å². The fraction of sp³-hybridized carbons (Fsp3) is 0.600. The lowest BCUT2D eigenvalue weighted by molar-refractivity contribution is 0.0288. The van der Waals surface area contributed by atoms with Crippen LogP contribution in [-0.2, 0) is 14.2 Å². The molecule has 5 nitrogen and oxygen atoms in total. The lowest BCUT2D eigenvalue weighted by Crippen LogP contribution is -2.12. The van der Waals surface area contributed by atoms with Crippen molar-refractivity contribution in [3.8, 4) is 0 Å². The first kappa shape index (κ1) is 17.9. The summed E-state index contributed by atoms with van der Waals surface area (Å²) in [6.45, 7) is 5.80. The van der Waals surface area contributed by atoms with Crippen molar-refractivity contribution in [1.29, 1.82) is 0 Å². The Kier molecular flexibility index (Phi) is 8.27. The number of rotatable bonds is 9. The van der Waals surface area contributed by atoms with E-state index in [0.717, 1.165) is 12.1 Å². The summed E-state index contributed by atoms with van der Waals surface area (Å²) in [4.78, 5) is 16.1. The van der Waals surface area contributed by atoms with E-state index in [9.17, 15) is 4.79 Å². The number of aromatic nitrogens is 1. The van der Waals surface area contributed by atoms with Gasteiger partial charge in [0.05, 0.1) is 12.2 Å². The maximum atomic E-state index is 11.9. The van der Waals surface area contributed by atoms with Crippen LogP contribution in [0, 0.1) is 0 Å². The molecule has 1 heterocycles. The summed E-state index contributed by atoms with van der Waals surface area (Å²) in [6, 6.07) is 3.22. The first-order valence-electron chi connectivity index (χ1n) is 6.96. The van der Waals surface area contributed by atoms with Crippen LogP contribution in [-0.4, -0.2) is 44.5 Å². The number of carbonyl (C=O) groups excluding carboxylic acids is 1. The molecule has 1 rings (SSSR count). The van der Waals surface area contributed by atoms with Gasteiger partial charge in [-0.3, -0.25) is 0 Å². The zero-order valence-corrected chi connectivity index (χ0v) is 13.5. The maximum absolute atomic E-state index is 11.9. The third-order valence-electron chi connectivity index (χ3n) is 2.74. The maximum Gasteiger partial charge on any atom is 0.338 e. The van der Waals surface area contributed by atoms with Crippen molar-refractivity contribution in [2.75, 3.05) is 33.5 Å². The number of ether oxygens (including phenoxy) is 3. The van der Waals surface area contributed by atoms with Gasteiger partial charge in [0.1, 0.15) is 11.8 Å². The molecule has 0 aliphatic heterocycles. The molecular formula is C15H22ClNO4. The number of nitrogens with zero attached hydrogens (tertiary/aromatic N) is 1. The molecule has 0 amide bonds. The molecule has 0 fully saturated rings. The summed E-state index contributed by atoms with van der Waals surface area (Å²) in [7, 11) is 1.65. The molecule has 0 radical (unpaired) electrons. The number of carbonyl (C=O) groups is 1. The van der Waals surface area contributed by atoms with Gasteiger partial charge in [-0.2, -0.15) is 0 Å². The fourth-order valence-electron chi connectivity index (χ4n) is 1.61. The van der Waals surface area contributed by atoms with Crippen molar-refractivity contribution in [3.63, 3.8) is 0 Å². The van der Waals surface area contributed by atoms with Crippen LogP contribution in [0.2, 0.25) is 5.15 Å². The second kappa shape index (κ2) is 9.71. The lowest BCUT2D eigenvalue weighted by atomic mass is 10.1. The van der Waals surface area contributed by atoms with Crippen LogP contribution in [0.1, 0.15) is 42.2 Å². The third-order valence-corrected chi connectivity index (χ3v) is 2.93. The van der Waals surface area contributed by atoms with E-state index in [1.807, 2.05) is 13.8 Å².